The van der Waals surface area contributed by atoms with Crippen molar-refractivity contribution in [1.29, 1.82) is 0 Å². The van der Waals surface area contributed by atoms with Gasteiger partial charge in [-0.2, -0.15) is 5.90 Å². The van der Waals surface area contributed by atoms with Crippen LogP contribution in [0.2, 0.25) is 0 Å². The molecule has 0 aliphatic carbocycles. The second kappa shape index (κ2) is 16.5. The van der Waals surface area contributed by atoms with Gasteiger partial charge < -0.3 is 25.2 Å². The van der Waals surface area contributed by atoms with E-state index in [2.05, 4.69) is 14.6 Å². The summed E-state index contributed by atoms with van der Waals surface area (Å²) in [6, 6.07) is 18.1. The maximum absolute atomic E-state index is 14.2. The number of benzene rings is 3. The molecule has 0 radical (unpaired) electrons. The maximum Gasteiger partial charge on any atom is 0.305 e. The fraction of sp³-hybridized carbons (Fsp3) is 0.235. The smallest absolute Gasteiger partial charge is 0.305 e. The molecule has 4 rings (SSSR count). The molecule has 2 atom stereocenters. The first-order valence-electron chi connectivity index (χ1n) is 14.6. The molecule has 1 amide bonds. The Morgan fingerprint density at radius 2 is 1.51 bits per heavy atom. The molecule has 0 bridgehead atoms. The van der Waals surface area contributed by atoms with Gasteiger partial charge in [-0.1, -0.05) is 42.5 Å². The third kappa shape index (κ3) is 9.35. The number of aliphatic carboxylic acids is 1. The lowest BCUT2D eigenvalue weighted by Crippen LogP contribution is -2.27. The zero-order chi connectivity index (χ0) is 34.1. The Balaban J connectivity index is 1.85. The highest BCUT2D eigenvalue weighted by molar-refractivity contribution is 7.94. The Bertz CT molecular complexity index is 1690. The van der Waals surface area contributed by atoms with Crippen LogP contribution in [0.5, 0.6) is 0 Å². The van der Waals surface area contributed by atoms with E-state index in [0.717, 1.165) is 22.5 Å². The number of carbonyl (C=O) groups excluding carboxylic acids is 1. The third-order valence-corrected chi connectivity index (χ3v) is 7.80. The zero-order valence-electron chi connectivity index (χ0n) is 25.6. The van der Waals surface area contributed by atoms with E-state index in [4.69, 9.17) is 11.0 Å². The molecule has 1 aromatic heterocycles. The standard InChI is InChI=1S/C34H35F2N3O7S/c1-20(2)39-29(16-13-26(40)17-27(41)18-30(42)43)31(22-5-9-24(35)10-6-22)32(23-7-11-25(36)12-8-23)33(39)34(44)38-19-21-3-14-28(15-4-21)47-46-45-37/h3-16,20,26-27,40-41H,17-19,37H2,1-2H3,(H,38,44)(H,42,43)/b16-13+/t26-,27-/m1/s1. The summed E-state index contributed by atoms with van der Waals surface area (Å²) in [6.45, 7) is 3.89. The highest BCUT2D eigenvalue weighted by atomic mass is 32.2. The van der Waals surface area contributed by atoms with Crippen molar-refractivity contribution in [3.8, 4) is 22.3 Å². The van der Waals surface area contributed by atoms with Crippen LogP contribution < -0.4 is 11.2 Å². The van der Waals surface area contributed by atoms with Gasteiger partial charge in [0.25, 0.3) is 5.91 Å². The Labute approximate surface area is 274 Å². The molecule has 1 heterocycles. The van der Waals surface area contributed by atoms with Crippen LogP contribution in [0.25, 0.3) is 28.3 Å². The molecule has 0 fully saturated rings. The Hall–Kier alpha value is -4.37. The number of nitrogens with zero attached hydrogens (tertiary/aromatic N) is 1. The summed E-state index contributed by atoms with van der Waals surface area (Å²) in [5.41, 5.74) is 3.55. The van der Waals surface area contributed by atoms with E-state index >= 15 is 0 Å². The van der Waals surface area contributed by atoms with Crippen molar-refractivity contribution in [1.82, 2.24) is 9.88 Å². The van der Waals surface area contributed by atoms with Gasteiger partial charge in [0.1, 0.15) is 17.3 Å². The number of carbonyl (C=O) groups is 2. The van der Waals surface area contributed by atoms with Gasteiger partial charge in [0.2, 0.25) is 0 Å². The number of aliphatic hydroxyl groups is 2. The average molecular weight is 668 g/mol. The fourth-order valence-electron chi connectivity index (χ4n) is 5.17. The monoisotopic (exact) mass is 667 g/mol. The van der Waals surface area contributed by atoms with Crippen molar-refractivity contribution in [2.45, 2.75) is 56.4 Å². The molecular weight excluding hydrogens is 632 g/mol. The molecule has 6 N–H and O–H groups in total. The minimum Gasteiger partial charge on any atom is -0.481 e. The van der Waals surface area contributed by atoms with Gasteiger partial charge in [0.15, 0.2) is 0 Å². The van der Waals surface area contributed by atoms with Crippen molar-refractivity contribution in [3.05, 3.63) is 107 Å². The SMILES string of the molecule is CC(C)n1c(/C=C/[C@@H](O)C[C@@H](O)CC(=O)O)c(-c2ccc(F)cc2)c(-c2ccc(F)cc2)c1C(=O)NCc1ccc(SOON)cc1. The first-order chi connectivity index (χ1) is 22.5. The first kappa shape index (κ1) is 35.5. The first-order valence-corrected chi connectivity index (χ1v) is 15.4. The summed E-state index contributed by atoms with van der Waals surface area (Å²) in [7, 11) is 0. The molecule has 13 heteroatoms. The molecule has 0 aliphatic heterocycles. The van der Waals surface area contributed by atoms with E-state index in [1.165, 1.54) is 30.3 Å². The minimum atomic E-state index is -1.29. The van der Waals surface area contributed by atoms with E-state index in [1.807, 2.05) is 13.8 Å². The highest BCUT2D eigenvalue weighted by Gasteiger charge is 2.29. The number of aliphatic hydroxyl groups excluding tert-OH is 2. The number of halogens is 2. The van der Waals surface area contributed by atoms with Gasteiger partial charge in [-0.25, -0.2) is 8.78 Å². The molecule has 4 aromatic rings. The largest absolute Gasteiger partial charge is 0.481 e. The predicted octanol–water partition coefficient (Wildman–Crippen LogP) is 6.04. The molecule has 0 saturated carbocycles. The van der Waals surface area contributed by atoms with Crippen LogP contribution in [0.15, 0.2) is 83.8 Å². The van der Waals surface area contributed by atoms with Crippen molar-refractivity contribution < 1.29 is 43.0 Å². The number of nitrogens with one attached hydrogen (secondary N) is 1. The quantitative estimate of drug-likeness (QED) is 0.0580. The lowest BCUT2D eigenvalue weighted by atomic mass is 9.94. The van der Waals surface area contributed by atoms with Crippen LogP contribution in [-0.4, -0.2) is 44.0 Å². The van der Waals surface area contributed by atoms with Crippen molar-refractivity contribution in [3.63, 3.8) is 0 Å². The van der Waals surface area contributed by atoms with E-state index in [9.17, 15) is 28.6 Å². The zero-order valence-corrected chi connectivity index (χ0v) is 26.4. The third-order valence-electron chi connectivity index (χ3n) is 7.19. The number of hydrogen-bond donors (Lipinski definition) is 5. The van der Waals surface area contributed by atoms with Crippen LogP contribution in [0.3, 0.4) is 0 Å². The van der Waals surface area contributed by atoms with E-state index in [-0.39, 0.29) is 24.7 Å². The number of carboxylic acid groups (broad SMARTS) is 1. The van der Waals surface area contributed by atoms with Crippen LogP contribution >= 0.6 is 12.0 Å². The Morgan fingerprint density at radius 1 is 0.936 bits per heavy atom. The Morgan fingerprint density at radius 3 is 2.04 bits per heavy atom. The average Bonchev–Trinajstić information content (AvgIpc) is 3.38. The number of rotatable bonds is 15. The van der Waals surface area contributed by atoms with Gasteiger partial charge in [0.05, 0.1) is 30.7 Å². The van der Waals surface area contributed by atoms with E-state index in [1.54, 1.807) is 59.2 Å². The summed E-state index contributed by atoms with van der Waals surface area (Å²) in [6.07, 6.45) is -0.296. The van der Waals surface area contributed by atoms with Gasteiger partial charge in [-0.05, 0) is 73.0 Å². The topological polar surface area (TPSA) is 156 Å². The van der Waals surface area contributed by atoms with Gasteiger partial charge in [-0.15, -0.1) is 9.32 Å². The number of amides is 1. The summed E-state index contributed by atoms with van der Waals surface area (Å²) >= 11 is 0.919. The molecule has 3 aromatic carbocycles. The molecule has 0 saturated heterocycles. The molecule has 0 unspecified atom stereocenters. The number of hydrogen-bond acceptors (Lipinski definition) is 8. The number of carboxylic acids is 1. The van der Waals surface area contributed by atoms with Crippen LogP contribution in [0.1, 0.15) is 54.5 Å². The van der Waals surface area contributed by atoms with Gasteiger partial charge >= 0.3 is 5.97 Å². The second-order valence-electron chi connectivity index (χ2n) is 10.9. The summed E-state index contributed by atoms with van der Waals surface area (Å²) < 4.78 is 34.6. The van der Waals surface area contributed by atoms with Crippen molar-refractivity contribution in [2.75, 3.05) is 0 Å². The summed E-state index contributed by atoms with van der Waals surface area (Å²) in [5, 5.41) is 32.7. The van der Waals surface area contributed by atoms with Crippen LogP contribution in [0.4, 0.5) is 8.78 Å². The lowest BCUT2D eigenvalue weighted by Gasteiger charge is -2.17. The van der Waals surface area contributed by atoms with Crippen LogP contribution in [-0.2, 0) is 20.7 Å². The maximum atomic E-state index is 14.2. The molecule has 248 valence electrons. The van der Waals surface area contributed by atoms with Gasteiger partial charge in [-0.3, -0.25) is 9.59 Å². The molecule has 0 aliphatic rings. The lowest BCUT2D eigenvalue weighted by molar-refractivity contribution is -0.195. The normalized spacial score (nSPS) is 12.9. The molecular formula is C34H35F2N3O7S. The van der Waals surface area contributed by atoms with E-state index in [0.29, 0.717) is 27.9 Å². The second-order valence-corrected chi connectivity index (χ2v) is 11.7. The minimum absolute atomic E-state index is 0.154. The van der Waals surface area contributed by atoms with Crippen molar-refractivity contribution in [2.24, 2.45) is 5.90 Å². The fourth-order valence-corrected chi connectivity index (χ4v) is 5.53. The molecule has 0 spiro atoms. The predicted molar refractivity (Wildman–Crippen MR) is 173 cm³/mol. The summed E-state index contributed by atoms with van der Waals surface area (Å²) in [4.78, 5) is 30.0. The van der Waals surface area contributed by atoms with E-state index < -0.39 is 42.1 Å². The van der Waals surface area contributed by atoms with Crippen molar-refractivity contribution >= 4 is 30.0 Å². The molecule has 10 nitrogen and oxygen atoms in total. The number of aromatic nitrogens is 1. The highest BCUT2D eigenvalue weighted by Crippen LogP contribution is 2.42. The number of nitrogens with two attached hydrogens (primary N) is 1. The van der Waals surface area contributed by atoms with Gasteiger partial charge in [0, 0.05) is 40.7 Å². The summed E-state index contributed by atoms with van der Waals surface area (Å²) in [5.74, 6) is 2.30. The Kier molecular flexibility index (Phi) is 12.4. The van der Waals surface area contributed by atoms with Crippen LogP contribution in [0, 0.1) is 11.6 Å². The molecule has 47 heavy (non-hydrogen) atoms.